The van der Waals surface area contributed by atoms with Crippen molar-refractivity contribution in [2.45, 2.75) is 46.5 Å². The summed E-state index contributed by atoms with van der Waals surface area (Å²) in [5, 5.41) is 7.50. The van der Waals surface area contributed by atoms with Crippen LogP contribution in [0.1, 0.15) is 52.0 Å². The van der Waals surface area contributed by atoms with Gasteiger partial charge in [-0.3, -0.25) is 5.41 Å². The second kappa shape index (κ2) is 6.60. The first-order valence-corrected chi connectivity index (χ1v) is 6.94. The van der Waals surface area contributed by atoms with Crippen molar-refractivity contribution >= 4 is 5.84 Å². The van der Waals surface area contributed by atoms with Crippen LogP contribution < -0.4 is 10.5 Å². The molecule has 0 fully saturated rings. The molecule has 1 aromatic rings. The molecule has 0 aliphatic heterocycles. The highest BCUT2D eigenvalue weighted by atomic mass is 16.5. The lowest BCUT2D eigenvalue weighted by Crippen LogP contribution is -2.32. The summed E-state index contributed by atoms with van der Waals surface area (Å²) in [6.45, 7) is 8.93. The molecule has 0 aliphatic carbocycles. The molecule has 1 aromatic carbocycles. The monoisotopic (exact) mass is 262 g/mol. The first kappa shape index (κ1) is 15.5. The summed E-state index contributed by atoms with van der Waals surface area (Å²) in [4.78, 5) is 0. The van der Waals surface area contributed by atoms with Crippen LogP contribution in [0.5, 0.6) is 5.75 Å². The molecule has 19 heavy (non-hydrogen) atoms. The number of ether oxygens (including phenoxy) is 1. The molecule has 3 nitrogen and oxygen atoms in total. The minimum Gasteiger partial charge on any atom is -0.494 e. The van der Waals surface area contributed by atoms with Crippen LogP contribution in [-0.2, 0) is 0 Å². The Balaban J connectivity index is 2.49. The highest BCUT2D eigenvalue weighted by molar-refractivity contribution is 5.82. The van der Waals surface area contributed by atoms with Crippen molar-refractivity contribution in [2.24, 2.45) is 11.1 Å². The first-order chi connectivity index (χ1) is 8.86. The van der Waals surface area contributed by atoms with Crippen molar-refractivity contribution < 1.29 is 4.74 Å². The summed E-state index contributed by atoms with van der Waals surface area (Å²) >= 11 is 0. The van der Waals surface area contributed by atoms with Crippen LogP contribution in [-0.4, -0.2) is 12.4 Å². The Hall–Kier alpha value is -1.51. The first-order valence-electron chi connectivity index (χ1n) is 6.94. The number of benzene rings is 1. The van der Waals surface area contributed by atoms with Gasteiger partial charge in [0.05, 0.1) is 12.4 Å². The molecule has 106 valence electrons. The number of nitrogens with one attached hydrogen (secondary N) is 1. The summed E-state index contributed by atoms with van der Waals surface area (Å²) in [6, 6.07) is 8.28. The number of nitrogens with two attached hydrogens (primary N) is 1. The van der Waals surface area contributed by atoms with E-state index in [0.717, 1.165) is 18.6 Å². The molecule has 1 atom stereocenters. The van der Waals surface area contributed by atoms with Gasteiger partial charge in [-0.05, 0) is 36.5 Å². The van der Waals surface area contributed by atoms with Gasteiger partial charge in [0.1, 0.15) is 5.75 Å². The molecule has 0 aliphatic rings. The van der Waals surface area contributed by atoms with E-state index in [4.69, 9.17) is 15.9 Å². The van der Waals surface area contributed by atoms with Crippen LogP contribution in [0.25, 0.3) is 0 Å². The van der Waals surface area contributed by atoms with E-state index in [1.807, 2.05) is 26.0 Å². The minimum atomic E-state index is -0.295. The van der Waals surface area contributed by atoms with Gasteiger partial charge >= 0.3 is 0 Å². The van der Waals surface area contributed by atoms with Crippen LogP contribution in [0.3, 0.4) is 0 Å². The molecule has 0 saturated heterocycles. The zero-order valence-electron chi connectivity index (χ0n) is 12.5. The summed E-state index contributed by atoms with van der Waals surface area (Å²) < 4.78 is 5.71. The topological polar surface area (TPSA) is 59.1 Å². The van der Waals surface area contributed by atoms with Crippen molar-refractivity contribution in [3.63, 3.8) is 0 Å². The number of amidine groups is 1. The Labute approximate surface area is 116 Å². The standard InChI is InChI=1S/C16H26N2O/c1-5-12(2)13-6-8-14(9-7-13)19-11-10-16(3,4)15(17)18/h6-9,12H,5,10-11H2,1-4H3,(H3,17,18). The lowest BCUT2D eigenvalue weighted by molar-refractivity contribution is 0.268. The summed E-state index contributed by atoms with van der Waals surface area (Å²) in [5.41, 5.74) is 6.60. The fourth-order valence-electron chi connectivity index (χ4n) is 1.69. The molecule has 0 spiro atoms. The third kappa shape index (κ3) is 4.58. The maximum Gasteiger partial charge on any atom is 0.119 e. The largest absolute Gasteiger partial charge is 0.494 e. The van der Waals surface area contributed by atoms with E-state index >= 15 is 0 Å². The smallest absolute Gasteiger partial charge is 0.119 e. The quantitative estimate of drug-likeness (QED) is 0.577. The zero-order valence-corrected chi connectivity index (χ0v) is 12.5. The van der Waals surface area contributed by atoms with Gasteiger partial charge in [0.15, 0.2) is 0 Å². The number of hydrogen-bond donors (Lipinski definition) is 2. The fraction of sp³-hybridized carbons (Fsp3) is 0.562. The highest BCUT2D eigenvalue weighted by Gasteiger charge is 2.21. The zero-order chi connectivity index (χ0) is 14.5. The van der Waals surface area contributed by atoms with E-state index in [1.165, 1.54) is 5.56 Å². The molecule has 0 amide bonds. The van der Waals surface area contributed by atoms with Crippen molar-refractivity contribution in [1.29, 1.82) is 5.41 Å². The van der Waals surface area contributed by atoms with E-state index in [1.54, 1.807) is 0 Å². The van der Waals surface area contributed by atoms with Gasteiger partial charge in [-0.1, -0.05) is 39.8 Å². The maximum absolute atomic E-state index is 7.50. The Morgan fingerprint density at radius 3 is 2.37 bits per heavy atom. The van der Waals surface area contributed by atoms with E-state index < -0.39 is 0 Å². The minimum absolute atomic E-state index is 0.211. The Morgan fingerprint density at radius 2 is 1.89 bits per heavy atom. The summed E-state index contributed by atoms with van der Waals surface area (Å²) in [7, 11) is 0. The molecule has 1 rings (SSSR count). The fourth-order valence-corrected chi connectivity index (χ4v) is 1.69. The van der Waals surface area contributed by atoms with Crippen LogP contribution in [0, 0.1) is 10.8 Å². The van der Waals surface area contributed by atoms with Crippen LogP contribution >= 0.6 is 0 Å². The van der Waals surface area contributed by atoms with E-state index in [-0.39, 0.29) is 11.3 Å². The molecular formula is C16H26N2O. The van der Waals surface area contributed by atoms with Crippen molar-refractivity contribution in [3.05, 3.63) is 29.8 Å². The Kier molecular flexibility index (Phi) is 5.40. The SMILES string of the molecule is CCC(C)c1ccc(OCCC(C)(C)C(=N)N)cc1. The molecule has 3 N–H and O–H groups in total. The van der Waals surface area contributed by atoms with Crippen molar-refractivity contribution in [1.82, 2.24) is 0 Å². The third-order valence-corrected chi connectivity index (χ3v) is 3.79. The van der Waals surface area contributed by atoms with Gasteiger partial charge in [0.2, 0.25) is 0 Å². The average molecular weight is 262 g/mol. The Morgan fingerprint density at radius 1 is 1.32 bits per heavy atom. The number of hydrogen-bond acceptors (Lipinski definition) is 2. The predicted octanol–water partition coefficient (Wildman–Crippen LogP) is 3.93. The molecule has 0 radical (unpaired) electrons. The van der Waals surface area contributed by atoms with Crippen LogP contribution in [0.15, 0.2) is 24.3 Å². The molecule has 0 aromatic heterocycles. The van der Waals surface area contributed by atoms with Crippen molar-refractivity contribution in [2.75, 3.05) is 6.61 Å². The van der Waals surface area contributed by atoms with E-state index in [9.17, 15) is 0 Å². The average Bonchev–Trinajstić information content (AvgIpc) is 2.38. The maximum atomic E-state index is 7.50. The highest BCUT2D eigenvalue weighted by Crippen LogP contribution is 2.23. The summed E-state index contributed by atoms with van der Waals surface area (Å²) in [6.07, 6.45) is 1.89. The van der Waals surface area contributed by atoms with Gasteiger partial charge in [-0.2, -0.15) is 0 Å². The van der Waals surface area contributed by atoms with Crippen LogP contribution in [0.2, 0.25) is 0 Å². The van der Waals surface area contributed by atoms with E-state index in [2.05, 4.69) is 26.0 Å². The second-order valence-corrected chi connectivity index (χ2v) is 5.77. The van der Waals surface area contributed by atoms with E-state index in [0.29, 0.717) is 12.5 Å². The normalized spacial score (nSPS) is 13.1. The lowest BCUT2D eigenvalue weighted by atomic mass is 9.88. The van der Waals surface area contributed by atoms with Gasteiger partial charge in [0, 0.05) is 5.41 Å². The van der Waals surface area contributed by atoms with Gasteiger partial charge in [0.25, 0.3) is 0 Å². The van der Waals surface area contributed by atoms with Gasteiger partial charge < -0.3 is 10.5 Å². The Bertz CT molecular complexity index is 409. The molecule has 0 saturated carbocycles. The van der Waals surface area contributed by atoms with Gasteiger partial charge in [-0.25, -0.2) is 0 Å². The second-order valence-electron chi connectivity index (χ2n) is 5.77. The van der Waals surface area contributed by atoms with Crippen molar-refractivity contribution in [3.8, 4) is 5.75 Å². The number of rotatable bonds is 7. The molecule has 0 heterocycles. The molecule has 0 bridgehead atoms. The van der Waals surface area contributed by atoms with Crippen LogP contribution in [0.4, 0.5) is 0 Å². The third-order valence-electron chi connectivity index (χ3n) is 3.79. The molecule has 3 heteroatoms. The predicted molar refractivity (Wildman–Crippen MR) is 81.0 cm³/mol. The molecule has 1 unspecified atom stereocenters. The molecular weight excluding hydrogens is 236 g/mol. The lowest BCUT2D eigenvalue weighted by Gasteiger charge is -2.22. The van der Waals surface area contributed by atoms with Gasteiger partial charge in [-0.15, -0.1) is 0 Å². The summed E-state index contributed by atoms with van der Waals surface area (Å²) in [5.74, 6) is 1.68.